The third-order valence-electron chi connectivity index (χ3n) is 7.31. The van der Waals surface area contributed by atoms with Gasteiger partial charge in [-0.1, -0.05) is 83.9 Å². The molecule has 190 valence electrons. The van der Waals surface area contributed by atoms with Crippen LogP contribution in [0, 0.1) is 0 Å². The molecular weight excluding hydrogens is 497 g/mol. The Morgan fingerprint density at radius 1 is 0.972 bits per heavy atom. The number of carboxylic acid groups (broad SMARTS) is 1. The molecule has 4 rings (SSSR count). The first-order valence-electron chi connectivity index (χ1n) is 12.1. The van der Waals surface area contributed by atoms with Crippen molar-refractivity contribution in [2.45, 2.75) is 50.2 Å². The minimum atomic E-state index is -1.15. The molecular formula is C29H31Cl2NO4. The summed E-state index contributed by atoms with van der Waals surface area (Å²) in [4.78, 5) is 15.3. The van der Waals surface area contributed by atoms with E-state index in [0.717, 1.165) is 24.1 Å². The molecule has 0 aromatic heterocycles. The highest BCUT2D eigenvalue weighted by Gasteiger charge is 2.44. The third kappa shape index (κ3) is 5.34. The Hall–Kier alpha value is -2.73. The number of rotatable bonds is 9. The minimum absolute atomic E-state index is 0.0712. The summed E-state index contributed by atoms with van der Waals surface area (Å²) in [6.45, 7) is 5.78. The maximum atomic E-state index is 12.9. The maximum Gasteiger partial charge on any atom is 0.318 e. The van der Waals surface area contributed by atoms with Gasteiger partial charge in [0.2, 0.25) is 0 Å². The van der Waals surface area contributed by atoms with Crippen LogP contribution in [-0.2, 0) is 10.2 Å². The topological polar surface area (TPSA) is 70.0 Å². The van der Waals surface area contributed by atoms with Gasteiger partial charge in [0.05, 0.1) is 10.0 Å². The molecule has 0 aliphatic carbocycles. The molecule has 0 radical (unpaired) electrons. The van der Waals surface area contributed by atoms with Crippen LogP contribution in [0.5, 0.6) is 11.5 Å². The minimum Gasteiger partial charge on any atom is -0.506 e. The number of aromatic hydroxyl groups is 1. The smallest absolute Gasteiger partial charge is 0.318 e. The van der Waals surface area contributed by atoms with Gasteiger partial charge >= 0.3 is 5.97 Å². The molecule has 0 spiro atoms. The highest BCUT2D eigenvalue weighted by Crippen LogP contribution is 2.41. The number of likely N-dealkylation sites (tertiary alicyclic amines) is 1. The number of aliphatic carboxylic acids is 1. The lowest BCUT2D eigenvalue weighted by Gasteiger charge is -2.39. The van der Waals surface area contributed by atoms with E-state index in [0.29, 0.717) is 30.2 Å². The van der Waals surface area contributed by atoms with E-state index in [1.165, 1.54) is 12.1 Å². The van der Waals surface area contributed by atoms with E-state index >= 15 is 0 Å². The van der Waals surface area contributed by atoms with Gasteiger partial charge in [-0.25, -0.2) is 0 Å². The molecule has 1 fully saturated rings. The van der Waals surface area contributed by atoms with Crippen LogP contribution in [-0.4, -0.2) is 45.8 Å². The van der Waals surface area contributed by atoms with Crippen molar-refractivity contribution in [1.29, 1.82) is 0 Å². The predicted molar refractivity (Wildman–Crippen MR) is 143 cm³/mol. The fourth-order valence-electron chi connectivity index (χ4n) is 5.07. The number of hydrogen-bond donors (Lipinski definition) is 2. The molecule has 0 bridgehead atoms. The summed E-state index contributed by atoms with van der Waals surface area (Å²) in [6.07, 6.45) is 1.81. The maximum absolute atomic E-state index is 12.9. The summed E-state index contributed by atoms with van der Waals surface area (Å²) in [6, 6.07) is 21.9. The third-order valence-corrected chi connectivity index (χ3v) is 7.90. The largest absolute Gasteiger partial charge is 0.506 e. The lowest BCUT2D eigenvalue weighted by atomic mass is 9.69. The Labute approximate surface area is 222 Å². The Bertz CT molecular complexity index is 1160. The van der Waals surface area contributed by atoms with Gasteiger partial charge in [0, 0.05) is 24.7 Å². The normalized spacial score (nSPS) is 16.7. The SMILES string of the molecule is CC(C)(CCC(C(=O)O)(c1ccccc1)c1ccccc1)N1CC[C@H](Oc2cc(O)c(Cl)cc2Cl)C1. The first kappa shape index (κ1) is 26.3. The second kappa shape index (κ2) is 10.7. The Kier molecular flexibility index (Phi) is 7.84. The molecule has 0 unspecified atom stereocenters. The first-order valence-corrected chi connectivity index (χ1v) is 12.8. The number of benzene rings is 3. The zero-order valence-corrected chi connectivity index (χ0v) is 22.0. The van der Waals surface area contributed by atoms with Crippen LogP contribution < -0.4 is 4.74 Å². The van der Waals surface area contributed by atoms with Gasteiger partial charge in [0.1, 0.15) is 23.0 Å². The summed E-state index contributed by atoms with van der Waals surface area (Å²) < 4.78 is 6.10. The highest BCUT2D eigenvalue weighted by atomic mass is 35.5. The number of halogens is 2. The van der Waals surface area contributed by atoms with Gasteiger partial charge in [0.15, 0.2) is 0 Å². The van der Waals surface area contributed by atoms with Crippen LogP contribution in [0.3, 0.4) is 0 Å². The van der Waals surface area contributed by atoms with Gasteiger partial charge in [-0.05, 0) is 50.3 Å². The Morgan fingerprint density at radius 3 is 2.11 bits per heavy atom. The molecule has 5 nitrogen and oxygen atoms in total. The van der Waals surface area contributed by atoms with Gasteiger partial charge < -0.3 is 14.9 Å². The van der Waals surface area contributed by atoms with Gasteiger partial charge in [0.25, 0.3) is 0 Å². The average molecular weight is 528 g/mol. The van der Waals surface area contributed by atoms with Crippen molar-refractivity contribution in [2.24, 2.45) is 0 Å². The summed E-state index contributed by atoms with van der Waals surface area (Å²) in [5.41, 5.74) is 0.136. The standard InChI is InChI=1S/C29H31Cl2NO4/c1-28(2,32-16-13-22(19-32)36-26-18-25(33)23(30)17-24(26)31)14-15-29(27(34)35,20-9-5-3-6-10-20)21-11-7-4-8-12-21/h3-12,17-18,22,33H,13-16,19H2,1-2H3,(H,34,35)/t22-/m0/s1. The molecule has 0 amide bonds. The summed E-state index contributed by atoms with van der Waals surface area (Å²) >= 11 is 12.2. The van der Waals surface area contributed by atoms with Crippen LogP contribution in [0.1, 0.15) is 44.2 Å². The zero-order chi connectivity index (χ0) is 25.9. The number of carboxylic acids is 1. The molecule has 1 aliphatic rings. The molecule has 1 aliphatic heterocycles. The fraction of sp³-hybridized carbons (Fsp3) is 0.345. The average Bonchev–Trinajstić information content (AvgIpc) is 3.34. The van der Waals surface area contributed by atoms with Gasteiger partial charge in [-0.3, -0.25) is 9.69 Å². The second-order valence-electron chi connectivity index (χ2n) is 9.96. The lowest BCUT2D eigenvalue weighted by Crippen LogP contribution is -2.46. The van der Waals surface area contributed by atoms with Gasteiger partial charge in [-0.2, -0.15) is 0 Å². The highest BCUT2D eigenvalue weighted by molar-refractivity contribution is 6.36. The van der Waals surface area contributed by atoms with E-state index < -0.39 is 11.4 Å². The van der Waals surface area contributed by atoms with Crippen LogP contribution in [0.15, 0.2) is 72.8 Å². The number of carbonyl (C=O) groups is 1. The molecule has 7 heteroatoms. The molecule has 3 aromatic carbocycles. The van der Waals surface area contributed by atoms with Crippen molar-refractivity contribution in [3.8, 4) is 11.5 Å². The fourth-order valence-corrected chi connectivity index (χ4v) is 5.50. The predicted octanol–water partition coefficient (Wildman–Crippen LogP) is 6.78. The van der Waals surface area contributed by atoms with Crippen molar-refractivity contribution < 1.29 is 19.7 Å². The van der Waals surface area contributed by atoms with E-state index in [1.54, 1.807) is 0 Å². The molecule has 1 saturated heterocycles. The van der Waals surface area contributed by atoms with Crippen molar-refractivity contribution in [1.82, 2.24) is 4.90 Å². The molecule has 36 heavy (non-hydrogen) atoms. The molecule has 1 atom stereocenters. The quantitative estimate of drug-likeness (QED) is 0.320. The van der Waals surface area contributed by atoms with Crippen LogP contribution in [0.25, 0.3) is 0 Å². The number of phenols is 1. The molecule has 1 heterocycles. The van der Waals surface area contributed by atoms with E-state index in [9.17, 15) is 15.0 Å². The second-order valence-corrected chi connectivity index (χ2v) is 10.8. The van der Waals surface area contributed by atoms with Crippen LogP contribution in [0.2, 0.25) is 10.0 Å². The van der Waals surface area contributed by atoms with Crippen molar-refractivity contribution >= 4 is 29.2 Å². The van der Waals surface area contributed by atoms with E-state index in [2.05, 4.69) is 18.7 Å². The van der Waals surface area contributed by atoms with Gasteiger partial charge in [-0.15, -0.1) is 0 Å². The zero-order valence-electron chi connectivity index (χ0n) is 20.5. The summed E-state index contributed by atoms with van der Waals surface area (Å²) in [7, 11) is 0. The van der Waals surface area contributed by atoms with E-state index in [4.69, 9.17) is 27.9 Å². The van der Waals surface area contributed by atoms with Crippen molar-refractivity contribution in [2.75, 3.05) is 13.1 Å². The first-order chi connectivity index (χ1) is 17.1. The lowest BCUT2D eigenvalue weighted by molar-refractivity contribution is -0.142. The Balaban J connectivity index is 1.52. The number of ether oxygens (including phenoxy) is 1. The number of hydrogen-bond acceptors (Lipinski definition) is 4. The number of phenolic OH excluding ortho intramolecular Hbond substituents is 1. The van der Waals surface area contributed by atoms with Crippen LogP contribution in [0.4, 0.5) is 0 Å². The summed E-state index contributed by atoms with van der Waals surface area (Å²) in [5.74, 6) is -0.519. The van der Waals surface area contributed by atoms with Crippen molar-refractivity contribution in [3.05, 3.63) is 94.0 Å². The van der Waals surface area contributed by atoms with E-state index in [1.807, 2.05) is 60.7 Å². The van der Waals surface area contributed by atoms with Crippen molar-refractivity contribution in [3.63, 3.8) is 0 Å². The molecule has 2 N–H and O–H groups in total. The van der Waals surface area contributed by atoms with Crippen LogP contribution >= 0.6 is 23.2 Å². The molecule has 0 saturated carbocycles. The molecule has 3 aromatic rings. The Morgan fingerprint density at radius 2 is 1.56 bits per heavy atom. The number of nitrogens with zero attached hydrogens (tertiary/aromatic N) is 1. The monoisotopic (exact) mass is 527 g/mol. The summed E-state index contributed by atoms with van der Waals surface area (Å²) in [5, 5.41) is 21.1. The van der Waals surface area contributed by atoms with E-state index in [-0.39, 0.29) is 22.4 Å².